The number of hydrogen-bond donors (Lipinski definition) is 0. The predicted molar refractivity (Wildman–Crippen MR) is 92.1 cm³/mol. The molecule has 0 radical (unpaired) electrons. The summed E-state index contributed by atoms with van der Waals surface area (Å²) in [6.45, 7) is 26.0. The van der Waals surface area contributed by atoms with E-state index in [0.29, 0.717) is 0 Å². The van der Waals surface area contributed by atoms with E-state index < -0.39 is 8.32 Å². The lowest BCUT2D eigenvalue weighted by Gasteiger charge is -2.43. The van der Waals surface area contributed by atoms with Gasteiger partial charge in [-0.1, -0.05) is 52.5 Å². The molecule has 0 aliphatic heterocycles. The Hall–Kier alpha value is -1.02. The molecular formula is C18H30OSi. The van der Waals surface area contributed by atoms with Crippen LogP contribution in [-0.2, 0) is 4.43 Å². The Bertz CT molecular complexity index is 496. The van der Waals surface area contributed by atoms with Crippen LogP contribution in [0.1, 0.15) is 34.6 Å². The first-order valence-electron chi connectivity index (χ1n) is 7.29. The lowest BCUT2D eigenvalue weighted by atomic mass is 9.62. The van der Waals surface area contributed by atoms with E-state index in [1.807, 2.05) is 6.08 Å². The summed E-state index contributed by atoms with van der Waals surface area (Å²) in [4.78, 5) is 0. The molecule has 0 N–H and O–H groups in total. The van der Waals surface area contributed by atoms with Crippen molar-refractivity contribution >= 4 is 8.32 Å². The predicted octanol–water partition coefficient (Wildman–Crippen LogP) is 5.85. The van der Waals surface area contributed by atoms with Crippen LogP contribution in [0.25, 0.3) is 0 Å². The Balaban J connectivity index is 3.55. The molecule has 2 heteroatoms. The van der Waals surface area contributed by atoms with Crippen LogP contribution in [0.15, 0.2) is 47.8 Å². The Kier molecular flexibility index (Phi) is 4.31. The van der Waals surface area contributed by atoms with Crippen LogP contribution in [-0.4, -0.2) is 8.32 Å². The van der Waals surface area contributed by atoms with Gasteiger partial charge in [0, 0.05) is 16.4 Å². The van der Waals surface area contributed by atoms with Gasteiger partial charge in [-0.2, -0.15) is 0 Å². The highest BCUT2D eigenvalue weighted by Gasteiger charge is 2.40. The minimum absolute atomic E-state index is 0.0259. The summed E-state index contributed by atoms with van der Waals surface area (Å²) in [6, 6.07) is 0. The van der Waals surface area contributed by atoms with E-state index in [9.17, 15) is 0 Å². The fourth-order valence-electron chi connectivity index (χ4n) is 2.72. The molecule has 1 aliphatic rings. The molecule has 0 fully saturated rings. The van der Waals surface area contributed by atoms with Crippen LogP contribution in [0.2, 0.25) is 19.6 Å². The maximum Gasteiger partial charge on any atom is 0.242 e. The molecule has 1 aliphatic carbocycles. The largest absolute Gasteiger partial charge is 0.544 e. The SMILES string of the molecule is C=C/C(O[Si](C)(C)C)=C1\C(=C)C(C)(C)C(C)=CC1(C)C. The number of allylic oxidation sites excluding steroid dienone is 5. The van der Waals surface area contributed by atoms with Gasteiger partial charge in [-0.05, 0) is 38.2 Å². The van der Waals surface area contributed by atoms with Gasteiger partial charge in [-0.15, -0.1) is 0 Å². The van der Waals surface area contributed by atoms with Crippen LogP contribution < -0.4 is 0 Å². The Morgan fingerprint density at radius 3 is 2.10 bits per heavy atom. The second kappa shape index (κ2) is 5.07. The molecule has 0 aromatic heterocycles. The Morgan fingerprint density at radius 1 is 1.20 bits per heavy atom. The molecule has 0 amide bonds. The Morgan fingerprint density at radius 2 is 1.70 bits per heavy atom. The molecule has 1 nitrogen and oxygen atoms in total. The van der Waals surface area contributed by atoms with Gasteiger partial charge in [0.25, 0.3) is 0 Å². The zero-order chi connectivity index (χ0) is 15.9. The highest BCUT2D eigenvalue weighted by Crippen LogP contribution is 2.51. The van der Waals surface area contributed by atoms with Crippen molar-refractivity contribution in [3.8, 4) is 0 Å². The summed E-state index contributed by atoms with van der Waals surface area (Å²) in [7, 11) is -1.67. The molecule has 0 saturated heterocycles. The molecule has 0 bridgehead atoms. The van der Waals surface area contributed by atoms with Gasteiger partial charge in [-0.3, -0.25) is 0 Å². The summed E-state index contributed by atoms with van der Waals surface area (Å²) >= 11 is 0. The monoisotopic (exact) mass is 290 g/mol. The molecule has 112 valence electrons. The van der Waals surface area contributed by atoms with Crippen molar-refractivity contribution in [3.05, 3.63) is 47.8 Å². The molecule has 0 aromatic carbocycles. The topological polar surface area (TPSA) is 9.23 Å². The van der Waals surface area contributed by atoms with Crippen molar-refractivity contribution in [2.45, 2.75) is 54.3 Å². The minimum Gasteiger partial charge on any atom is -0.544 e. The van der Waals surface area contributed by atoms with Gasteiger partial charge in [0.1, 0.15) is 5.76 Å². The van der Waals surface area contributed by atoms with Crippen molar-refractivity contribution in [3.63, 3.8) is 0 Å². The third-order valence-electron chi connectivity index (χ3n) is 4.11. The quantitative estimate of drug-likeness (QED) is 0.360. The summed E-state index contributed by atoms with van der Waals surface area (Å²) in [6.07, 6.45) is 4.19. The second-order valence-corrected chi connectivity index (χ2v) is 12.2. The van der Waals surface area contributed by atoms with Crippen molar-refractivity contribution < 1.29 is 4.43 Å². The smallest absolute Gasteiger partial charge is 0.242 e. The van der Waals surface area contributed by atoms with Crippen LogP contribution in [0.3, 0.4) is 0 Å². The van der Waals surface area contributed by atoms with Crippen LogP contribution in [0, 0.1) is 10.8 Å². The van der Waals surface area contributed by atoms with Gasteiger partial charge < -0.3 is 4.43 Å². The molecule has 0 unspecified atom stereocenters. The zero-order valence-corrected chi connectivity index (χ0v) is 15.5. The maximum absolute atomic E-state index is 6.27. The minimum atomic E-state index is -1.67. The van der Waals surface area contributed by atoms with Crippen molar-refractivity contribution in [1.29, 1.82) is 0 Å². The van der Waals surface area contributed by atoms with Crippen molar-refractivity contribution in [1.82, 2.24) is 0 Å². The van der Waals surface area contributed by atoms with E-state index in [0.717, 1.165) is 11.3 Å². The van der Waals surface area contributed by atoms with E-state index in [2.05, 4.69) is 73.5 Å². The highest BCUT2D eigenvalue weighted by atomic mass is 28.4. The first-order valence-corrected chi connectivity index (χ1v) is 10.7. The Labute approximate surface area is 126 Å². The standard InChI is InChI=1S/C18H30OSi/c1-11-15(19-20(8,9)10)16-14(3)18(6,7)13(2)12-17(16,4)5/h11-12H,1,3H2,2,4-10H3/b16-15-. The lowest BCUT2D eigenvalue weighted by Crippen LogP contribution is -2.33. The summed E-state index contributed by atoms with van der Waals surface area (Å²) in [5, 5.41) is 0. The van der Waals surface area contributed by atoms with Gasteiger partial charge in [0.2, 0.25) is 8.32 Å². The fraction of sp³-hybridized carbons (Fsp3) is 0.556. The first-order chi connectivity index (χ1) is 8.83. The van der Waals surface area contributed by atoms with Crippen LogP contribution in [0.5, 0.6) is 0 Å². The van der Waals surface area contributed by atoms with Crippen molar-refractivity contribution in [2.24, 2.45) is 10.8 Å². The van der Waals surface area contributed by atoms with E-state index in [1.165, 1.54) is 11.1 Å². The molecule has 1 rings (SSSR count). The molecule has 0 atom stereocenters. The lowest BCUT2D eigenvalue weighted by molar-refractivity contribution is 0.389. The molecule has 20 heavy (non-hydrogen) atoms. The van der Waals surface area contributed by atoms with E-state index in [4.69, 9.17) is 4.43 Å². The van der Waals surface area contributed by atoms with Gasteiger partial charge in [0.15, 0.2) is 0 Å². The average molecular weight is 291 g/mol. The van der Waals surface area contributed by atoms with Gasteiger partial charge in [-0.25, -0.2) is 0 Å². The number of rotatable bonds is 3. The van der Waals surface area contributed by atoms with Crippen LogP contribution >= 0.6 is 0 Å². The molecular weight excluding hydrogens is 260 g/mol. The fourth-order valence-corrected chi connectivity index (χ4v) is 3.57. The zero-order valence-electron chi connectivity index (χ0n) is 14.5. The molecule has 0 aromatic rings. The first kappa shape index (κ1) is 17.0. The third kappa shape index (κ3) is 3.17. The average Bonchev–Trinajstić information content (AvgIpc) is 2.23. The van der Waals surface area contributed by atoms with Gasteiger partial charge in [0.05, 0.1) is 0 Å². The van der Waals surface area contributed by atoms with E-state index in [-0.39, 0.29) is 10.8 Å². The van der Waals surface area contributed by atoms with Crippen LogP contribution in [0.4, 0.5) is 0 Å². The van der Waals surface area contributed by atoms with Gasteiger partial charge >= 0.3 is 0 Å². The normalized spacial score (nSPS) is 24.0. The summed E-state index contributed by atoms with van der Waals surface area (Å²) in [5.41, 5.74) is 3.62. The summed E-state index contributed by atoms with van der Waals surface area (Å²) in [5.74, 6) is 0.913. The molecule has 0 spiro atoms. The van der Waals surface area contributed by atoms with Crippen molar-refractivity contribution in [2.75, 3.05) is 0 Å². The second-order valence-electron chi connectivity index (χ2n) is 7.81. The van der Waals surface area contributed by atoms with E-state index >= 15 is 0 Å². The third-order valence-corrected chi connectivity index (χ3v) is 4.94. The van der Waals surface area contributed by atoms with E-state index in [1.54, 1.807) is 0 Å². The number of hydrogen-bond acceptors (Lipinski definition) is 1. The maximum atomic E-state index is 6.27. The highest BCUT2D eigenvalue weighted by molar-refractivity contribution is 6.70. The molecule has 0 saturated carbocycles. The summed E-state index contributed by atoms with van der Waals surface area (Å²) < 4.78 is 6.27. The molecule has 0 heterocycles.